The molecule has 6 heterocycles. The van der Waals surface area contributed by atoms with Gasteiger partial charge in [-0.3, -0.25) is 9.59 Å². The van der Waals surface area contributed by atoms with E-state index in [1.807, 2.05) is 150 Å². The van der Waals surface area contributed by atoms with Crippen molar-refractivity contribution >= 4 is 138 Å². The van der Waals surface area contributed by atoms with Crippen molar-refractivity contribution in [1.29, 1.82) is 0 Å². The number of esters is 3. The van der Waals surface area contributed by atoms with Crippen LogP contribution in [0.5, 0.6) is 0 Å². The predicted octanol–water partition coefficient (Wildman–Crippen LogP) is 17.4. The Morgan fingerprint density at radius 1 is 0.485 bits per heavy atom. The maximum absolute atomic E-state index is 13.0. The van der Waals surface area contributed by atoms with E-state index in [9.17, 15) is 34.2 Å². The van der Waals surface area contributed by atoms with Gasteiger partial charge in [-0.25, -0.2) is 29.3 Å². The van der Waals surface area contributed by atoms with Gasteiger partial charge < -0.3 is 52.8 Å². The zero-order chi connectivity index (χ0) is 71.5. The molecule has 25 heteroatoms. The molecule has 536 valence electrons. The van der Waals surface area contributed by atoms with Crippen molar-refractivity contribution in [3.8, 4) is 33.4 Å². The lowest BCUT2D eigenvalue weighted by molar-refractivity contribution is -0.164. The molecule has 3 atom stereocenters. The summed E-state index contributed by atoms with van der Waals surface area (Å²) in [7, 11) is 2.71. The van der Waals surface area contributed by atoms with Gasteiger partial charge in [0, 0.05) is 98.8 Å². The summed E-state index contributed by atoms with van der Waals surface area (Å²) in [5, 5.41) is 23.8. The van der Waals surface area contributed by atoms with Gasteiger partial charge in [0.2, 0.25) is 0 Å². The number of nitrogens with one attached hydrogen (secondary N) is 1. The Morgan fingerprint density at radius 2 is 0.808 bits per heavy atom. The number of benzene rings is 3. The van der Waals surface area contributed by atoms with Crippen LogP contribution in [0.3, 0.4) is 0 Å². The normalized spacial score (nSPS) is 12.4. The third-order valence-electron chi connectivity index (χ3n) is 16.2. The molecule has 3 N–H and O–H groups in total. The van der Waals surface area contributed by atoms with Crippen LogP contribution in [0.2, 0.25) is 15.1 Å². The fourth-order valence-corrected chi connectivity index (χ4v) is 12.1. The molecule has 99 heavy (non-hydrogen) atoms. The molecule has 6 aromatic heterocycles. The van der Waals surface area contributed by atoms with E-state index in [-0.39, 0.29) is 59.5 Å². The van der Waals surface area contributed by atoms with Crippen molar-refractivity contribution in [3.05, 3.63) is 155 Å². The van der Waals surface area contributed by atoms with Crippen LogP contribution in [0, 0.1) is 62.3 Å². The average molecular weight is 1480 g/mol. The number of carboxylic acid groups (broad SMARTS) is 2. The van der Waals surface area contributed by atoms with Gasteiger partial charge in [-0.15, -0.1) is 0 Å². The van der Waals surface area contributed by atoms with Gasteiger partial charge >= 0.3 is 29.8 Å². The van der Waals surface area contributed by atoms with Crippen LogP contribution in [-0.4, -0.2) is 107 Å². The Bertz CT molecular complexity index is 4430. The van der Waals surface area contributed by atoms with Crippen LogP contribution in [0.15, 0.2) is 72.8 Å². The minimum Gasteiger partial charge on any atom is -0.480 e. The summed E-state index contributed by atoms with van der Waals surface area (Å²) in [6.45, 7) is 35.8. The van der Waals surface area contributed by atoms with Gasteiger partial charge in [-0.2, -0.15) is 40.5 Å². The second-order valence-electron chi connectivity index (χ2n) is 26.5. The molecular weight excluding hydrogens is 1380 g/mol. The van der Waals surface area contributed by atoms with E-state index in [1.165, 1.54) is 14.2 Å². The van der Waals surface area contributed by atoms with Crippen molar-refractivity contribution in [2.45, 2.75) is 180 Å². The number of halogens is 3. The Balaban J connectivity index is 0.000000312. The number of carboxylic acids is 2. The number of hydrogen-bond acceptors (Lipinski definition) is 14. The third-order valence-corrected chi connectivity index (χ3v) is 16.9. The summed E-state index contributed by atoms with van der Waals surface area (Å²) in [5.74, 6) is -3.42. The molecule has 0 saturated heterocycles. The van der Waals surface area contributed by atoms with Gasteiger partial charge in [-0.05, 0) is 201 Å². The number of aromatic amines is 1. The van der Waals surface area contributed by atoms with Crippen LogP contribution in [0.1, 0.15) is 155 Å². The molecule has 0 aliphatic carbocycles. The lowest BCUT2D eigenvalue weighted by atomic mass is 9.91. The maximum Gasteiger partial charge on any atom is 0.339 e. The maximum atomic E-state index is 13.0. The SMILES string of the molecule is CCOC(=O)Cn1c(C)c(C)c2c(-c3ccc(Cl)cc3)c([C@H](OC(C)(C)C)C(=O)OC)c(C)nc21.COC(=O)[C@@H](OC(C)(C)C)c1c(C)nc2[nH]c(C)c(C)c2c1-c1ccc(Cl)cc1.Cc1nc2c(c(C)c(C)n2CC(=O)O)c(-c2ccc(Cl)cc2)c1[C@H](OC(C)(C)C)C(=O)O.S.S.S. The van der Waals surface area contributed by atoms with Crippen molar-refractivity contribution in [2.75, 3.05) is 20.8 Å². The Kier molecular flexibility index (Phi) is 29.0. The number of H-pyrrole nitrogens is 1. The summed E-state index contributed by atoms with van der Waals surface area (Å²) < 4.78 is 37.4. The first-order valence-corrected chi connectivity index (χ1v) is 32.4. The average Bonchev–Trinajstić information content (AvgIpc) is 1.66. The van der Waals surface area contributed by atoms with E-state index in [0.29, 0.717) is 77.7 Å². The predicted molar refractivity (Wildman–Crippen MR) is 407 cm³/mol. The number of methoxy groups -OCH3 is 2. The molecule has 0 aliphatic rings. The van der Waals surface area contributed by atoms with Gasteiger partial charge in [0.1, 0.15) is 30.0 Å². The van der Waals surface area contributed by atoms with E-state index in [0.717, 1.165) is 78.0 Å². The molecule has 9 rings (SSSR count). The monoisotopic (exact) mass is 1470 g/mol. The molecule has 0 fully saturated rings. The molecule has 0 amide bonds. The van der Waals surface area contributed by atoms with E-state index < -0.39 is 59.0 Å². The van der Waals surface area contributed by atoms with Gasteiger partial charge in [0.05, 0.1) is 37.6 Å². The third kappa shape index (κ3) is 19.3. The minimum absolute atomic E-state index is 0. The molecule has 9 aromatic rings. The van der Waals surface area contributed by atoms with Crippen molar-refractivity contribution in [1.82, 2.24) is 29.1 Å². The van der Waals surface area contributed by atoms with Crippen molar-refractivity contribution in [3.63, 3.8) is 0 Å². The van der Waals surface area contributed by atoms with Crippen LogP contribution in [0.4, 0.5) is 0 Å². The number of hydrogen-bond donors (Lipinski definition) is 3. The first kappa shape index (κ1) is 84.3. The molecule has 0 aliphatic heterocycles. The Labute approximate surface area is 615 Å². The second-order valence-corrected chi connectivity index (χ2v) is 27.8. The zero-order valence-corrected chi connectivity index (χ0v) is 65.3. The number of aliphatic carboxylic acids is 2. The number of carbonyl (C=O) groups is 5. The molecule has 0 saturated carbocycles. The quantitative estimate of drug-likeness (QED) is 0.0566. The molecule has 0 spiro atoms. The summed E-state index contributed by atoms with van der Waals surface area (Å²) in [5.41, 5.74) is 14.0. The standard InChI is InChI=1S/C27H33ClN2O5.C24H27ClN2O5.C23H27ClN2O3.3H2S/c1-9-34-20(31)14-30-17(4)15(2)21-23(18-10-12-19(28)13-11-18)22(16(3)29-25(21)30)24(26(32)33-8)35-27(5,6)7;1-12-14(3)27(11-17(28)29)22-18(12)20(15-7-9-16(25)10-8-15)19(13(2)26-22)21(23(30)31)32-24(4,5)6;1-12-13(2)25-21-17(12)19(15-8-10-16(24)11-9-15)18(14(3)26-21)20(22(27)28-7)29-23(4,5)6;;;/h10-13,24H,9,14H2,1-8H3;7-10,21H,11H2,1-6H3,(H,28,29)(H,30,31);8-11,20H,1-7H3,(H,25,26);3*1H2/t24-;21-;20-;;;/m000.../s1. The molecule has 0 bridgehead atoms. The van der Waals surface area contributed by atoms with E-state index >= 15 is 0 Å². The van der Waals surface area contributed by atoms with Gasteiger partial charge in [0.25, 0.3) is 0 Å². The highest BCUT2D eigenvalue weighted by Crippen LogP contribution is 2.46. The summed E-state index contributed by atoms with van der Waals surface area (Å²) in [4.78, 5) is 79.8. The highest BCUT2D eigenvalue weighted by Gasteiger charge is 2.38. The van der Waals surface area contributed by atoms with E-state index in [2.05, 4.69) is 9.97 Å². The Hall–Kier alpha value is -7.12. The number of ether oxygens (including phenoxy) is 6. The first-order chi connectivity index (χ1) is 44.7. The fourth-order valence-electron chi connectivity index (χ4n) is 11.7. The molecule has 19 nitrogen and oxygen atoms in total. The topological polar surface area (TPSA) is 246 Å². The van der Waals surface area contributed by atoms with Gasteiger partial charge in [0.15, 0.2) is 18.3 Å². The van der Waals surface area contributed by atoms with Crippen LogP contribution >= 0.6 is 75.3 Å². The lowest BCUT2D eigenvalue weighted by Gasteiger charge is -2.28. The summed E-state index contributed by atoms with van der Waals surface area (Å²) in [6, 6.07) is 22.1. The molecule has 0 unspecified atom stereocenters. The number of fused-ring (bicyclic) bond motifs is 3. The van der Waals surface area contributed by atoms with Crippen LogP contribution in [-0.2, 0) is 65.5 Å². The van der Waals surface area contributed by atoms with Crippen LogP contribution < -0.4 is 0 Å². The number of pyridine rings is 3. The molecule has 3 aromatic carbocycles. The number of aromatic nitrogens is 6. The van der Waals surface area contributed by atoms with Crippen molar-refractivity contribution in [2.24, 2.45) is 0 Å². The van der Waals surface area contributed by atoms with Crippen LogP contribution in [0.25, 0.3) is 66.5 Å². The largest absolute Gasteiger partial charge is 0.480 e. The second kappa shape index (κ2) is 34.0. The fraction of sp³-hybridized carbons (Fsp3) is 0.405. The minimum atomic E-state index is -1.26. The molecule has 0 radical (unpaired) electrons. The van der Waals surface area contributed by atoms with E-state index in [1.54, 1.807) is 63.5 Å². The number of nitrogens with zero attached hydrogens (tertiary/aromatic N) is 5. The first-order valence-electron chi connectivity index (χ1n) is 31.3. The summed E-state index contributed by atoms with van der Waals surface area (Å²) in [6.07, 6.45) is -3.17. The smallest absolute Gasteiger partial charge is 0.339 e. The number of carbonyl (C=O) groups excluding carboxylic acids is 3. The highest BCUT2D eigenvalue weighted by atomic mass is 35.5. The zero-order valence-electron chi connectivity index (χ0n) is 60.0. The van der Waals surface area contributed by atoms with E-state index in [4.69, 9.17) is 73.2 Å². The lowest BCUT2D eigenvalue weighted by Crippen LogP contribution is -2.29. The number of rotatable bonds is 17. The highest BCUT2D eigenvalue weighted by molar-refractivity contribution is 7.59. The van der Waals surface area contributed by atoms with Gasteiger partial charge in [-0.1, -0.05) is 71.2 Å². The number of aryl methyl sites for hydroxylation is 7. The van der Waals surface area contributed by atoms with Crippen molar-refractivity contribution < 1.29 is 62.6 Å². The molecular formula is C74H93Cl3N6O13S3. The Morgan fingerprint density at radius 3 is 1.13 bits per heavy atom. The summed E-state index contributed by atoms with van der Waals surface area (Å²) >= 11 is 18.4.